The second-order valence-electron chi connectivity index (χ2n) is 13.3. The van der Waals surface area contributed by atoms with Crippen LogP contribution in [0.4, 0.5) is 0 Å². The zero-order valence-electron chi connectivity index (χ0n) is 20.5. The van der Waals surface area contributed by atoms with Crippen molar-refractivity contribution in [2.75, 3.05) is 0 Å². The molecule has 5 rings (SSSR count). The molecule has 0 aromatic rings. The van der Waals surface area contributed by atoms with Crippen molar-refractivity contribution in [3.05, 3.63) is 23.2 Å². The Labute approximate surface area is 210 Å². The Bertz CT molecular complexity index is 981. The number of hydrogen-bond acceptors (Lipinski definition) is 5. The maximum Gasteiger partial charge on any atom is 0.187 e. The summed E-state index contributed by atoms with van der Waals surface area (Å²) in [4.78, 5) is 13.9. The number of halogens is 1. The van der Waals surface area contributed by atoms with Gasteiger partial charge in [0.2, 0.25) is 0 Å². The molecule has 8 atom stereocenters. The molecule has 0 aromatic carbocycles. The molecule has 6 heteroatoms. The number of allylic oxidation sites excluding steroid dienone is 3. The molecule has 5 aliphatic carbocycles. The molecule has 5 aliphatic rings. The van der Waals surface area contributed by atoms with Crippen molar-refractivity contribution in [1.82, 2.24) is 0 Å². The van der Waals surface area contributed by atoms with E-state index in [0.29, 0.717) is 32.1 Å². The van der Waals surface area contributed by atoms with Gasteiger partial charge < -0.3 is 20.4 Å². The number of hydrogen-bond donors (Lipinski definition) is 4. The summed E-state index contributed by atoms with van der Waals surface area (Å²) < 4.78 is -0.617. The first-order chi connectivity index (χ1) is 15.0. The summed E-state index contributed by atoms with van der Waals surface area (Å²) in [6, 6.07) is 0. The van der Waals surface area contributed by atoms with Crippen LogP contribution >= 0.6 is 22.6 Å². The number of aliphatic hydroxyl groups excluding tert-OH is 2. The van der Waals surface area contributed by atoms with Gasteiger partial charge >= 0.3 is 0 Å². The molecule has 33 heavy (non-hydrogen) atoms. The molecule has 0 amide bonds. The van der Waals surface area contributed by atoms with E-state index >= 15 is 0 Å². The van der Waals surface area contributed by atoms with Crippen LogP contribution in [0.1, 0.15) is 86.0 Å². The SMILES string of the molecule is CC1(C)CCC2(O)CCC3C4(C)CCC5C(C)(I)C(O)=C(O)CC5(C)C4=CC(=O)C3(O)C2C1. The minimum Gasteiger partial charge on any atom is -0.509 e. The predicted octanol–water partition coefficient (Wildman–Crippen LogP) is 5.54. The van der Waals surface area contributed by atoms with Crippen molar-refractivity contribution in [3.8, 4) is 0 Å². The van der Waals surface area contributed by atoms with Crippen LogP contribution in [0.25, 0.3) is 0 Å². The van der Waals surface area contributed by atoms with Crippen molar-refractivity contribution >= 4 is 28.4 Å². The zero-order valence-corrected chi connectivity index (χ0v) is 22.7. The van der Waals surface area contributed by atoms with Gasteiger partial charge in [0.15, 0.2) is 5.78 Å². The molecular formula is C27H39IO5. The van der Waals surface area contributed by atoms with Gasteiger partial charge in [0.05, 0.1) is 9.02 Å². The third-order valence-electron chi connectivity index (χ3n) is 10.9. The molecule has 0 spiro atoms. The highest BCUT2D eigenvalue weighted by Gasteiger charge is 2.71. The summed E-state index contributed by atoms with van der Waals surface area (Å²) in [5.41, 5.74) is -2.42. The summed E-state index contributed by atoms with van der Waals surface area (Å²) in [7, 11) is 0. The summed E-state index contributed by atoms with van der Waals surface area (Å²) >= 11 is 2.26. The number of carbonyl (C=O) groups is 1. The van der Waals surface area contributed by atoms with Gasteiger partial charge in [-0.15, -0.1) is 0 Å². The van der Waals surface area contributed by atoms with Gasteiger partial charge in [-0.05, 0) is 74.7 Å². The standard InChI is InChI=1S/C27H39IO5/c1-22(2)10-11-26(32)9-7-17-23(3)8-6-16-24(4,13-15(29)21(31)25(16,5)28)18(23)12-20(30)27(17,33)19(26)14-22/h12,16-17,19,29,31-33H,6-11,13-14H2,1-5H3. The van der Waals surface area contributed by atoms with Crippen LogP contribution in [-0.2, 0) is 4.79 Å². The van der Waals surface area contributed by atoms with E-state index in [1.807, 2.05) is 6.92 Å². The fourth-order valence-electron chi connectivity index (χ4n) is 9.09. The number of carbonyl (C=O) groups excluding carboxylic acids is 1. The Hall–Kier alpha value is -0.600. The van der Waals surface area contributed by atoms with Gasteiger partial charge in [-0.25, -0.2) is 0 Å². The number of alkyl halides is 1. The highest BCUT2D eigenvalue weighted by molar-refractivity contribution is 14.1. The van der Waals surface area contributed by atoms with Crippen LogP contribution in [0.2, 0.25) is 0 Å². The molecule has 8 unspecified atom stereocenters. The van der Waals surface area contributed by atoms with Crippen molar-refractivity contribution in [1.29, 1.82) is 0 Å². The summed E-state index contributed by atoms with van der Waals surface area (Å²) in [6.45, 7) is 10.6. The minimum absolute atomic E-state index is 0.0103. The Kier molecular flexibility index (Phi) is 4.96. The Morgan fingerprint density at radius 2 is 1.52 bits per heavy atom. The molecule has 0 bridgehead atoms. The van der Waals surface area contributed by atoms with Gasteiger partial charge in [0.25, 0.3) is 0 Å². The maximum atomic E-state index is 13.9. The molecule has 0 aromatic heterocycles. The van der Waals surface area contributed by atoms with Crippen LogP contribution in [0.5, 0.6) is 0 Å². The normalized spacial score (nSPS) is 53.4. The van der Waals surface area contributed by atoms with Crippen molar-refractivity contribution in [2.24, 2.45) is 34.0 Å². The van der Waals surface area contributed by atoms with Crippen LogP contribution in [-0.4, -0.2) is 40.8 Å². The topological polar surface area (TPSA) is 98.0 Å². The molecule has 4 N–H and O–H groups in total. The lowest BCUT2D eigenvalue weighted by Crippen LogP contribution is -2.71. The molecule has 5 nitrogen and oxygen atoms in total. The van der Waals surface area contributed by atoms with E-state index in [-0.39, 0.29) is 34.6 Å². The number of ketones is 1. The van der Waals surface area contributed by atoms with Gasteiger partial charge in [-0.2, -0.15) is 0 Å². The molecule has 0 heterocycles. The lowest BCUT2D eigenvalue weighted by Gasteiger charge is -2.67. The average Bonchev–Trinajstić information content (AvgIpc) is 2.69. The third-order valence-corrected chi connectivity index (χ3v) is 12.1. The van der Waals surface area contributed by atoms with E-state index < -0.39 is 31.4 Å². The van der Waals surface area contributed by atoms with Crippen molar-refractivity contribution < 1.29 is 25.2 Å². The molecular weight excluding hydrogens is 531 g/mol. The fraction of sp³-hybridized carbons (Fsp3) is 0.815. The highest BCUT2D eigenvalue weighted by atomic mass is 127. The van der Waals surface area contributed by atoms with E-state index in [1.165, 1.54) is 0 Å². The highest BCUT2D eigenvalue weighted by Crippen LogP contribution is 2.71. The molecule has 0 radical (unpaired) electrons. The first kappa shape index (κ1) is 24.1. The van der Waals surface area contributed by atoms with Crippen LogP contribution in [0.3, 0.4) is 0 Å². The van der Waals surface area contributed by atoms with E-state index in [1.54, 1.807) is 6.08 Å². The second-order valence-corrected chi connectivity index (χ2v) is 15.6. The van der Waals surface area contributed by atoms with E-state index in [4.69, 9.17) is 0 Å². The lowest BCUT2D eigenvalue weighted by atomic mass is 9.39. The summed E-state index contributed by atoms with van der Waals surface area (Å²) in [6.07, 6.45) is 7.08. The Morgan fingerprint density at radius 1 is 0.879 bits per heavy atom. The maximum absolute atomic E-state index is 13.9. The molecule has 0 aliphatic heterocycles. The summed E-state index contributed by atoms with van der Waals surface area (Å²) in [5.74, 6) is -0.836. The molecule has 184 valence electrons. The van der Waals surface area contributed by atoms with Crippen molar-refractivity contribution in [2.45, 2.75) is 101 Å². The fourth-order valence-corrected chi connectivity index (χ4v) is 10.4. The lowest BCUT2D eigenvalue weighted by molar-refractivity contribution is -0.231. The Morgan fingerprint density at radius 3 is 2.18 bits per heavy atom. The summed E-state index contributed by atoms with van der Waals surface area (Å²) in [5, 5.41) is 45.3. The predicted molar refractivity (Wildman–Crippen MR) is 135 cm³/mol. The van der Waals surface area contributed by atoms with E-state index in [2.05, 4.69) is 50.3 Å². The molecule has 0 saturated heterocycles. The first-order valence-electron chi connectivity index (χ1n) is 12.5. The number of fused-ring (bicyclic) bond motifs is 7. The minimum atomic E-state index is -1.56. The van der Waals surface area contributed by atoms with Gasteiger partial charge in [0.1, 0.15) is 17.1 Å². The molecule has 3 saturated carbocycles. The largest absolute Gasteiger partial charge is 0.509 e. The first-order valence-corrected chi connectivity index (χ1v) is 13.6. The van der Waals surface area contributed by atoms with Gasteiger partial charge in [-0.1, -0.05) is 55.9 Å². The third kappa shape index (κ3) is 2.92. The van der Waals surface area contributed by atoms with Gasteiger partial charge in [0, 0.05) is 23.7 Å². The number of aliphatic hydroxyl groups is 4. The van der Waals surface area contributed by atoms with Crippen LogP contribution in [0.15, 0.2) is 23.2 Å². The second kappa shape index (κ2) is 6.78. The van der Waals surface area contributed by atoms with Crippen molar-refractivity contribution in [3.63, 3.8) is 0 Å². The zero-order chi connectivity index (χ0) is 24.4. The molecule has 3 fully saturated rings. The smallest absolute Gasteiger partial charge is 0.187 e. The van der Waals surface area contributed by atoms with Crippen LogP contribution in [0, 0.1) is 34.0 Å². The number of rotatable bonds is 0. The Balaban J connectivity index is 1.66. The quantitative estimate of drug-likeness (QED) is 0.227. The van der Waals surface area contributed by atoms with Crippen LogP contribution < -0.4 is 0 Å². The van der Waals surface area contributed by atoms with E-state index in [9.17, 15) is 25.2 Å². The monoisotopic (exact) mass is 570 g/mol. The van der Waals surface area contributed by atoms with E-state index in [0.717, 1.165) is 24.8 Å². The average molecular weight is 571 g/mol. The van der Waals surface area contributed by atoms with Gasteiger partial charge in [-0.3, -0.25) is 4.79 Å².